The van der Waals surface area contributed by atoms with Gasteiger partial charge in [0.2, 0.25) is 10.0 Å². The lowest BCUT2D eigenvalue weighted by molar-refractivity contribution is -0.108. The van der Waals surface area contributed by atoms with Gasteiger partial charge in [0.05, 0.1) is 12.4 Å². The first-order valence-corrected chi connectivity index (χ1v) is 5.52. The van der Waals surface area contributed by atoms with Gasteiger partial charge in [-0.3, -0.25) is 4.84 Å². The molecular formula is C7H13NO3S. The molecule has 0 aromatic rings. The largest absolute Gasteiger partial charge is 0.284 e. The molecule has 0 spiro atoms. The SMILES string of the molecule is C=CCS(=O)(=O)N1CCCCO1. The van der Waals surface area contributed by atoms with Crippen LogP contribution in [0.5, 0.6) is 0 Å². The molecule has 12 heavy (non-hydrogen) atoms. The van der Waals surface area contributed by atoms with Gasteiger partial charge in [-0.15, -0.1) is 6.58 Å². The topological polar surface area (TPSA) is 46.6 Å². The quantitative estimate of drug-likeness (QED) is 0.611. The van der Waals surface area contributed by atoms with Crippen molar-refractivity contribution in [2.45, 2.75) is 12.8 Å². The highest BCUT2D eigenvalue weighted by Crippen LogP contribution is 2.11. The van der Waals surface area contributed by atoms with Crippen LogP contribution in [-0.4, -0.2) is 31.8 Å². The van der Waals surface area contributed by atoms with E-state index in [0.717, 1.165) is 17.3 Å². The average Bonchev–Trinajstić information content (AvgIpc) is 2.06. The zero-order valence-electron chi connectivity index (χ0n) is 6.90. The highest BCUT2D eigenvalue weighted by molar-refractivity contribution is 7.89. The summed E-state index contributed by atoms with van der Waals surface area (Å²) in [4.78, 5) is 4.99. The number of rotatable bonds is 3. The van der Waals surface area contributed by atoms with Gasteiger partial charge in [-0.05, 0) is 12.8 Å². The lowest BCUT2D eigenvalue weighted by Gasteiger charge is -2.24. The van der Waals surface area contributed by atoms with Crippen molar-refractivity contribution in [3.63, 3.8) is 0 Å². The molecule has 1 rings (SSSR count). The third-order valence-electron chi connectivity index (χ3n) is 1.61. The zero-order chi connectivity index (χ0) is 9.03. The molecule has 4 nitrogen and oxygen atoms in total. The summed E-state index contributed by atoms with van der Waals surface area (Å²) in [6.07, 6.45) is 3.17. The summed E-state index contributed by atoms with van der Waals surface area (Å²) in [5, 5.41) is 0. The normalized spacial score (nSPS) is 20.7. The summed E-state index contributed by atoms with van der Waals surface area (Å²) in [7, 11) is -3.24. The van der Waals surface area contributed by atoms with Crippen molar-refractivity contribution < 1.29 is 13.3 Å². The number of hydrogen-bond donors (Lipinski definition) is 0. The van der Waals surface area contributed by atoms with E-state index in [0.29, 0.717) is 13.2 Å². The first-order valence-electron chi connectivity index (χ1n) is 3.91. The molecule has 1 saturated heterocycles. The fraction of sp³-hybridized carbons (Fsp3) is 0.714. The molecule has 5 heteroatoms. The van der Waals surface area contributed by atoms with Gasteiger partial charge >= 0.3 is 0 Å². The van der Waals surface area contributed by atoms with E-state index in [1.165, 1.54) is 6.08 Å². The lowest BCUT2D eigenvalue weighted by atomic mass is 10.3. The van der Waals surface area contributed by atoms with E-state index in [1.807, 2.05) is 0 Å². The molecule has 0 aromatic heterocycles. The lowest BCUT2D eigenvalue weighted by Crippen LogP contribution is -2.36. The highest BCUT2D eigenvalue weighted by atomic mass is 32.2. The first-order chi connectivity index (χ1) is 5.67. The number of nitrogens with zero attached hydrogens (tertiary/aromatic N) is 1. The Labute approximate surface area is 72.8 Å². The summed E-state index contributed by atoms with van der Waals surface area (Å²) < 4.78 is 23.7. The molecule has 1 fully saturated rings. The smallest absolute Gasteiger partial charge is 0.239 e. The maximum Gasteiger partial charge on any atom is 0.239 e. The van der Waals surface area contributed by atoms with Crippen molar-refractivity contribution in [1.82, 2.24) is 4.47 Å². The first kappa shape index (κ1) is 9.70. The highest BCUT2D eigenvalue weighted by Gasteiger charge is 2.23. The Bertz CT molecular complexity index is 241. The van der Waals surface area contributed by atoms with Crippen LogP contribution >= 0.6 is 0 Å². The minimum absolute atomic E-state index is 0.0486. The molecule has 0 saturated carbocycles. The molecule has 0 amide bonds. The van der Waals surface area contributed by atoms with Crippen LogP contribution in [-0.2, 0) is 14.9 Å². The van der Waals surface area contributed by atoms with E-state index in [4.69, 9.17) is 4.84 Å². The third-order valence-corrected chi connectivity index (χ3v) is 3.17. The summed E-state index contributed by atoms with van der Waals surface area (Å²) in [5.74, 6) is -0.0486. The zero-order valence-corrected chi connectivity index (χ0v) is 7.72. The van der Waals surface area contributed by atoms with Crippen molar-refractivity contribution in [1.29, 1.82) is 0 Å². The van der Waals surface area contributed by atoms with Crippen LogP contribution in [0.1, 0.15) is 12.8 Å². The summed E-state index contributed by atoms with van der Waals surface area (Å²) >= 11 is 0. The van der Waals surface area contributed by atoms with Gasteiger partial charge in [-0.1, -0.05) is 10.5 Å². The molecular weight excluding hydrogens is 178 g/mol. The summed E-state index contributed by atoms with van der Waals surface area (Å²) in [6, 6.07) is 0. The Morgan fingerprint density at radius 2 is 2.25 bits per heavy atom. The predicted molar refractivity (Wildman–Crippen MR) is 45.9 cm³/mol. The van der Waals surface area contributed by atoms with Crippen LogP contribution in [0.2, 0.25) is 0 Å². The molecule has 1 aliphatic heterocycles. The Hall–Kier alpha value is -0.390. The average molecular weight is 191 g/mol. The second-order valence-electron chi connectivity index (χ2n) is 2.63. The molecule has 0 aromatic carbocycles. The van der Waals surface area contributed by atoms with Crippen molar-refractivity contribution in [2.75, 3.05) is 18.9 Å². The molecule has 0 bridgehead atoms. The molecule has 0 aliphatic carbocycles. The van der Waals surface area contributed by atoms with Crippen LogP contribution in [0, 0.1) is 0 Å². The maximum absolute atomic E-state index is 11.3. The molecule has 1 heterocycles. The second-order valence-corrected chi connectivity index (χ2v) is 4.54. The maximum atomic E-state index is 11.3. The van der Waals surface area contributed by atoms with Gasteiger partial charge < -0.3 is 0 Å². The molecule has 0 atom stereocenters. The Morgan fingerprint density at radius 3 is 2.75 bits per heavy atom. The van der Waals surface area contributed by atoms with Gasteiger partial charge in [0.15, 0.2) is 0 Å². The Balaban J connectivity index is 2.60. The monoisotopic (exact) mass is 191 g/mol. The number of sulfonamides is 1. The predicted octanol–water partition coefficient (Wildman–Crippen LogP) is 0.530. The van der Waals surface area contributed by atoms with E-state index in [-0.39, 0.29) is 5.75 Å². The fourth-order valence-electron chi connectivity index (χ4n) is 1.03. The van der Waals surface area contributed by atoms with Crippen LogP contribution in [0.15, 0.2) is 12.7 Å². The summed E-state index contributed by atoms with van der Waals surface area (Å²) in [5.41, 5.74) is 0. The minimum atomic E-state index is -3.24. The van der Waals surface area contributed by atoms with Gasteiger partial charge in [0.1, 0.15) is 0 Å². The summed E-state index contributed by atoms with van der Waals surface area (Å²) in [6.45, 7) is 4.34. The van der Waals surface area contributed by atoms with Crippen molar-refractivity contribution in [3.05, 3.63) is 12.7 Å². The standard InChI is InChI=1S/C7H13NO3S/c1-2-7-12(9,10)8-5-3-4-6-11-8/h2H,1,3-7H2. The number of hydrogen-bond acceptors (Lipinski definition) is 3. The van der Waals surface area contributed by atoms with Gasteiger partial charge in [-0.2, -0.15) is 0 Å². The van der Waals surface area contributed by atoms with Gasteiger partial charge in [0, 0.05) is 6.54 Å². The fourth-order valence-corrected chi connectivity index (χ4v) is 2.13. The molecule has 0 N–H and O–H groups in total. The van der Waals surface area contributed by atoms with Crippen molar-refractivity contribution in [2.24, 2.45) is 0 Å². The van der Waals surface area contributed by atoms with Gasteiger partial charge in [-0.25, -0.2) is 8.42 Å². The van der Waals surface area contributed by atoms with E-state index >= 15 is 0 Å². The van der Waals surface area contributed by atoms with E-state index in [2.05, 4.69) is 6.58 Å². The Kier molecular flexibility index (Phi) is 3.25. The molecule has 0 unspecified atom stereocenters. The van der Waals surface area contributed by atoms with Crippen molar-refractivity contribution >= 4 is 10.0 Å². The van der Waals surface area contributed by atoms with Crippen LogP contribution in [0.4, 0.5) is 0 Å². The molecule has 0 radical (unpaired) electrons. The Morgan fingerprint density at radius 1 is 1.50 bits per heavy atom. The second kappa shape index (κ2) is 4.02. The van der Waals surface area contributed by atoms with Crippen molar-refractivity contribution in [3.8, 4) is 0 Å². The van der Waals surface area contributed by atoms with Crippen LogP contribution in [0.25, 0.3) is 0 Å². The van der Waals surface area contributed by atoms with E-state index in [1.54, 1.807) is 0 Å². The number of hydroxylamine groups is 1. The molecule has 70 valence electrons. The van der Waals surface area contributed by atoms with E-state index < -0.39 is 10.0 Å². The minimum Gasteiger partial charge on any atom is -0.284 e. The molecule has 1 aliphatic rings. The van der Waals surface area contributed by atoms with E-state index in [9.17, 15) is 8.42 Å². The van der Waals surface area contributed by atoms with Gasteiger partial charge in [0.25, 0.3) is 0 Å². The van der Waals surface area contributed by atoms with Crippen LogP contribution < -0.4 is 0 Å². The van der Waals surface area contributed by atoms with Crippen LogP contribution in [0.3, 0.4) is 0 Å². The third kappa shape index (κ3) is 2.30.